The third-order valence-corrected chi connectivity index (χ3v) is 3.83. The molecule has 2 aromatic carbocycles. The Hall–Kier alpha value is -3.15. The number of carbonyl (C=O) groups excluding carboxylic acids is 3. The minimum atomic E-state index is -0.390. The quantitative estimate of drug-likeness (QED) is 0.663. The van der Waals surface area contributed by atoms with Crippen molar-refractivity contribution in [2.45, 2.75) is 32.6 Å². The number of ether oxygens (including phenoxy) is 1. The molecule has 0 aliphatic rings. The number of hydrogen-bond acceptors (Lipinski definition) is 4. The van der Waals surface area contributed by atoms with E-state index in [-0.39, 0.29) is 24.7 Å². The molecule has 0 unspecified atom stereocenters. The summed E-state index contributed by atoms with van der Waals surface area (Å²) in [7, 11) is 0. The van der Waals surface area contributed by atoms with Gasteiger partial charge in [0.25, 0.3) is 0 Å². The molecule has 0 saturated carbocycles. The molecule has 0 spiro atoms. The van der Waals surface area contributed by atoms with Gasteiger partial charge in [-0.1, -0.05) is 37.3 Å². The third-order valence-electron chi connectivity index (χ3n) is 3.83. The average molecular weight is 368 g/mol. The average Bonchev–Trinajstić information content (AvgIpc) is 2.68. The maximum atomic E-state index is 11.9. The Morgan fingerprint density at radius 1 is 0.815 bits per heavy atom. The van der Waals surface area contributed by atoms with Gasteiger partial charge in [-0.3, -0.25) is 14.4 Å². The van der Waals surface area contributed by atoms with Crippen LogP contribution in [-0.2, 0) is 25.5 Å². The standard InChI is InChI=1S/C21H24N2O4/c1-2-19(24)22-17-8-10-18(11-9-17)23-20(25)12-13-21(26)27-15-14-16-6-4-3-5-7-16/h3-11H,2,12-15H2,1H3,(H,22,24)(H,23,25). The third kappa shape index (κ3) is 7.73. The van der Waals surface area contributed by atoms with Gasteiger partial charge in [0.05, 0.1) is 13.0 Å². The number of esters is 1. The summed E-state index contributed by atoms with van der Waals surface area (Å²) in [6, 6.07) is 16.6. The summed E-state index contributed by atoms with van der Waals surface area (Å²) >= 11 is 0. The molecular weight excluding hydrogens is 344 g/mol. The van der Waals surface area contributed by atoms with Crippen molar-refractivity contribution in [1.29, 1.82) is 0 Å². The Balaban J connectivity index is 1.66. The largest absolute Gasteiger partial charge is 0.465 e. The van der Waals surface area contributed by atoms with Gasteiger partial charge in [0.15, 0.2) is 0 Å². The van der Waals surface area contributed by atoms with E-state index in [1.165, 1.54) is 0 Å². The zero-order valence-electron chi connectivity index (χ0n) is 15.4. The number of hydrogen-bond donors (Lipinski definition) is 2. The van der Waals surface area contributed by atoms with E-state index in [0.717, 1.165) is 5.56 Å². The first-order chi connectivity index (χ1) is 13.1. The normalized spacial score (nSPS) is 10.1. The molecule has 0 aromatic heterocycles. The summed E-state index contributed by atoms with van der Waals surface area (Å²) < 4.78 is 5.15. The predicted molar refractivity (Wildman–Crippen MR) is 104 cm³/mol. The molecule has 0 bridgehead atoms. The Morgan fingerprint density at radius 3 is 2.00 bits per heavy atom. The molecule has 0 radical (unpaired) electrons. The van der Waals surface area contributed by atoms with E-state index in [4.69, 9.17) is 4.74 Å². The first kappa shape index (κ1) is 20.2. The molecule has 0 aliphatic carbocycles. The second-order valence-electron chi connectivity index (χ2n) is 5.98. The van der Waals surface area contributed by atoms with Crippen molar-refractivity contribution in [3.8, 4) is 0 Å². The maximum Gasteiger partial charge on any atom is 0.306 e. The molecule has 0 saturated heterocycles. The molecule has 2 aromatic rings. The molecule has 6 nitrogen and oxygen atoms in total. The summed E-state index contributed by atoms with van der Waals surface area (Å²) in [5, 5.41) is 5.45. The van der Waals surface area contributed by atoms with Crippen LogP contribution in [0.25, 0.3) is 0 Å². The Kier molecular flexibility index (Phi) is 8.03. The highest BCUT2D eigenvalue weighted by atomic mass is 16.5. The minimum Gasteiger partial charge on any atom is -0.465 e. The topological polar surface area (TPSA) is 84.5 Å². The minimum absolute atomic E-state index is 0.0330. The molecule has 0 fully saturated rings. The Labute approximate surface area is 158 Å². The smallest absolute Gasteiger partial charge is 0.306 e. The fourth-order valence-electron chi connectivity index (χ4n) is 2.32. The van der Waals surface area contributed by atoms with Crippen LogP contribution in [0, 0.1) is 0 Å². The summed E-state index contributed by atoms with van der Waals surface area (Å²) in [4.78, 5) is 35.0. The van der Waals surface area contributed by atoms with Crippen LogP contribution in [0.2, 0.25) is 0 Å². The molecular formula is C21H24N2O4. The molecule has 0 aliphatic heterocycles. The molecule has 0 heterocycles. The van der Waals surface area contributed by atoms with E-state index in [1.54, 1.807) is 31.2 Å². The van der Waals surface area contributed by atoms with Crippen molar-refractivity contribution in [3.05, 3.63) is 60.2 Å². The van der Waals surface area contributed by atoms with Crippen molar-refractivity contribution >= 4 is 29.2 Å². The van der Waals surface area contributed by atoms with Crippen LogP contribution in [0.4, 0.5) is 11.4 Å². The van der Waals surface area contributed by atoms with Gasteiger partial charge in [-0.15, -0.1) is 0 Å². The number of carbonyl (C=O) groups is 3. The zero-order chi connectivity index (χ0) is 19.5. The van der Waals surface area contributed by atoms with Crippen LogP contribution in [0.1, 0.15) is 31.7 Å². The second-order valence-corrected chi connectivity index (χ2v) is 5.98. The summed E-state index contributed by atoms with van der Waals surface area (Å²) in [5.74, 6) is -0.725. The van der Waals surface area contributed by atoms with Crippen molar-refractivity contribution in [3.63, 3.8) is 0 Å². The highest BCUT2D eigenvalue weighted by Gasteiger charge is 2.09. The maximum absolute atomic E-state index is 11.9. The summed E-state index contributed by atoms with van der Waals surface area (Å²) in [5.41, 5.74) is 2.37. The van der Waals surface area contributed by atoms with Gasteiger partial charge in [-0.2, -0.15) is 0 Å². The van der Waals surface area contributed by atoms with E-state index in [0.29, 0.717) is 30.8 Å². The lowest BCUT2D eigenvalue weighted by atomic mass is 10.2. The van der Waals surface area contributed by atoms with Crippen LogP contribution in [0.3, 0.4) is 0 Å². The van der Waals surface area contributed by atoms with Gasteiger partial charge < -0.3 is 15.4 Å². The highest BCUT2D eigenvalue weighted by molar-refractivity contribution is 5.93. The van der Waals surface area contributed by atoms with Gasteiger partial charge in [0.2, 0.25) is 11.8 Å². The van der Waals surface area contributed by atoms with E-state index in [1.807, 2.05) is 30.3 Å². The van der Waals surface area contributed by atoms with Gasteiger partial charge >= 0.3 is 5.97 Å². The van der Waals surface area contributed by atoms with Crippen LogP contribution in [0.15, 0.2) is 54.6 Å². The number of anilines is 2. The number of nitrogens with one attached hydrogen (secondary N) is 2. The van der Waals surface area contributed by atoms with E-state index in [2.05, 4.69) is 10.6 Å². The molecule has 6 heteroatoms. The lowest BCUT2D eigenvalue weighted by Crippen LogP contribution is -2.15. The summed E-state index contributed by atoms with van der Waals surface area (Å²) in [6.07, 6.45) is 1.14. The van der Waals surface area contributed by atoms with E-state index in [9.17, 15) is 14.4 Å². The Bertz CT molecular complexity index is 758. The van der Waals surface area contributed by atoms with Crippen LogP contribution in [-0.4, -0.2) is 24.4 Å². The van der Waals surface area contributed by atoms with Crippen molar-refractivity contribution in [2.24, 2.45) is 0 Å². The van der Waals surface area contributed by atoms with Crippen molar-refractivity contribution < 1.29 is 19.1 Å². The molecule has 27 heavy (non-hydrogen) atoms. The zero-order valence-corrected chi connectivity index (χ0v) is 15.4. The lowest BCUT2D eigenvalue weighted by molar-refractivity contribution is -0.144. The number of rotatable bonds is 9. The number of amides is 2. The molecule has 2 N–H and O–H groups in total. The molecule has 142 valence electrons. The Morgan fingerprint density at radius 2 is 1.41 bits per heavy atom. The SMILES string of the molecule is CCC(=O)Nc1ccc(NC(=O)CCC(=O)OCCc2ccccc2)cc1. The lowest BCUT2D eigenvalue weighted by Gasteiger charge is -2.08. The van der Waals surface area contributed by atoms with E-state index < -0.39 is 5.97 Å². The van der Waals surface area contributed by atoms with Crippen LogP contribution >= 0.6 is 0 Å². The van der Waals surface area contributed by atoms with Crippen molar-refractivity contribution in [1.82, 2.24) is 0 Å². The van der Waals surface area contributed by atoms with Gasteiger partial charge in [0.1, 0.15) is 0 Å². The number of benzene rings is 2. The summed E-state index contributed by atoms with van der Waals surface area (Å²) in [6.45, 7) is 2.08. The predicted octanol–water partition coefficient (Wildman–Crippen LogP) is 3.54. The second kappa shape index (κ2) is 10.8. The first-order valence-corrected chi connectivity index (χ1v) is 8.96. The van der Waals surface area contributed by atoms with E-state index >= 15 is 0 Å². The highest BCUT2D eigenvalue weighted by Crippen LogP contribution is 2.14. The van der Waals surface area contributed by atoms with Gasteiger partial charge in [-0.05, 0) is 29.8 Å². The fraction of sp³-hybridized carbons (Fsp3) is 0.286. The first-order valence-electron chi connectivity index (χ1n) is 8.96. The van der Waals surface area contributed by atoms with Gasteiger partial charge in [-0.25, -0.2) is 0 Å². The van der Waals surface area contributed by atoms with Crippen LogP contribution < -0.4 is 10.6 Å². The molecule has 2 amide bonds. The monoisotopic (exact) mass is 368 g/mol. The van der Waals surface area contributed by atoms with Crippen LogP contribution in [0.5, 0.6) is 0 Å². The molecule has 0 atom stereocenters. The fourth-order valence-corrected chi connectivity index (χ4v) is 2.32. The van der Waals surface area contributed by atoms with Gasteiger partial charge in [0, 0.05) is 30.6 Å². The molecule has 2 rings (SSSR count). The van der Waals surface area contributed by atoms with Crippen molar-refractivity contribution in [2.75, 3.05) is 17.2 Å².